The van der Waals surface area contributed by atoms with Crippen molar-refractivity contribution in [3.05, 3.63) is 107 Å². The van der Waals surface area contributed by atoms with Gasteiger partial charge in [0.2, 0.25) is 0 Å². The van der Waals surface area contributed by atoms with Gasteiger partial charge in [0.05, 0.1) is 19.3 Å². The fourth-order valence-corrected chi connectivity index (χ4v) is 14.8. The maximum absolute atomic E-state index is 11.4. The summed E-state index contributed by atoms with van der Waals surface area (Å²) in [5, 5.41) is 14.2. The Morgan fingerprint density at radius 2 is 1.30 bits per heavy atom. The minimum Gasteiger partial charge on any atom is -0.413 e. The maximum Gasteiger partial charge on any atom is 0.261 e. The number of benzene rings is 2. The third-order valence-electron chi connectivity index (χ3n) is 14.3. The van der Waals surface area contributed by atoms with Crippen LogP contribution in [-0.2, 0) is 8.85 Å². The molecule has 2 aromatic rings. The Morgan fingerprint density at radius 3 is 1.86 bits per heavy atom. The second-order valence-corrected chi connectivity index (χ2v) is 29.7. The van der Waals surface area contributed by atoms with Crippen molar-refractivity contribution < 1.29 is 14.0 Å². The van der Waals surface area contributed by atoms with Crippen molar-refractivity contribution in [2.24, 2.45) is 16.7 Å². The second kappa shape index (κ2) is 19.2. The molecule has 310 valence electrons. The lowest BCUT2D eigenvalue weighted by Crippen LogP contribution is -2.66. The molecule has 4 rings (SSSR count). The highest BCUT2D eigenvalue weighted by atomic mass is 28.4. The Kier molecular flexibility index (Phi) is 15.9. The molecule has 0 aromatic heterocycles. The lowest BCUT2D eigenvalue weighted by Gasteiger charge is -2.43. The summed E-state index contributed by atoms with van der Waals surface area (Å²) in [6, 6.07) is 22.1. The zero-order valence-corrected chi connectivity index (χ0v) is 40.0. The summed E-state index contributed by atoms with van der Waals surface area (Å²) in [7, 11) is -4.36. The largest absolute Gasteiger partial charge is 0.413 e. The van der Waals surface area contributed by atoms with E-state index in [-0.39, 0.29) is 27.0 Å². The number of aliphatic hydroxyl groups is 1. The van der Waals surface area contributed by atoms with E-state index in [0.717, 1.165) is 64.2 Å². The van der Waals surface area contributed by atoms with Crippen LogP contribution in [0.1, 0.15) is 140 Å². The van der Waals surface area contributed by atoms with Gasteiger partial charge < -0.3 is 14.0 Å². The number of rotatable bonds is 19. The van der Waals surface area contributed by atoms with Crippen LogP contribution in [0.5, 0.6) is 0 Å². The first-order valence-corrected chi connectivity index (χ1v) is 26.7. The molecule has 0 radical (unpaired) electrons. The summed E-state index contributed by atoms with van der Waals surface area (Å²) in [5.41, 5.74) is 5.98. The molecule has 0 heterocycles. The number of hydrogen-bond donors (Lipinski definition) is 1. The Labute approximate surface area is 346 Å². The first kappa shape index (κ1) is 46.4. The summed E-state index contributed by atoms with van der Waals surface area (Å²) in [5.74, 6) is 0.641. The summed E-state index contributed by atoms with van der Waals surface area (Å²) in [6.07, 6.45) is 20.2. The Hall–Kier alpha value is -2.29. The molecule has 0 spiro atoms. The Balaban J connectivity index is 1.41. The smallest absolute Gasteiger partial charge is 0.261 e. The fraction of sp³-hybridized carbons (Fsp3) is 0.608. The molecule has 0 saturated heterocycles. The second-order valence-electron chi connectivity index (χ2n) is 20.6. The van der Waals surface area contributed by atoms with Crippen molar-refractivity contribution >= 4 is 27.0 Å². The van der Waals surface area contributed by atoms with Gasteiger partial charge in [-0.3, -0.25) is 0 Å². The van der Waals surface area contributed by atoms with Crippen LogP contribution in [-0.4, -0.2) is 41.1 Å². The third-order valence-corrected chi connectivity index (χ3v) is 23.8. The van der Waals surface area contributed by atoms with Crippen LogP contribution >= 0.6 is 0 Å². The average Bonchev–Trinajstić information content (AvgIpc) is 3.77. The SMILES string of the molecule is CC(C)=CCC/C(=C/CC/C(C)=C/C[C@H]1CC[C@@H](O)[C@@]2(CC/C(C)=C/CO[Si](C)(C)C(C)(C)C)C[C@@]12C)CO[Si](c1ccccc1)(c1ccccc1)C(C)(C)C. The lowest BCUT2D eigenvalue weighted by atomic mass is 9.68. The van der Waals surface area contributed by atoms with Gasteiger partial charge in [0, 0.05) is 5.41 Å². The first-order valence-electron chi connectivity index (χ1n) is 21.9. The van der Waals surface area contributed by atoms with Gasteiger partial charge in [-0.05, 0) is 142 Å². The molecule has 56 heavy (non-hydrogen) atoms. The molecule has 1 N–H and O–H groups in total. The van der Waals surface area contributed by atoms with Crippen LogP contribution in [0, 0.1) is 16.7 Å². The number of fused-ring (bicyclic) bond motifs is 1. The molecule has 3 nitrogen and oxygen atoms in total. The van der Waals surface area contributed by atoms with Crippen LogP contribution in [0.4, 0.5) is 0 Å². The highest BCUT2D eigenvalue weighted by Gasteiger charge is 2.71. The number of hydrogen-bond acceptors (Lipinski definition) is 3. The molecule has 0 aliphatic heterocycles. The van der Waals surface area contributed by atoms with Crippen LogP contribution in [0.15, 0.2) is 107 Å². The van der Waals surface area contributed by atoms with Gasteiger partial charge in [-0.15, -0.1) is 0 Å². The van der Waals surface area contributed by atoms with Crippen LogP contribution in [0.25, 0.3) is 0 Å². The molecule has 2 saturated carbocycles. The summed E-state index contributed by atoms with van der Waals surface area (Å²) < 4.78 is 13.8. The lowest BCUT2D eigenvalue weighted by molar-refractivity contribution is 0.00284. The molecule has 5 heteroatoms. The predicted octanol–water partition coefficient (Wildman–Crippen LogP) is 13.3. The van der Waals surface area contributed by atoms with Crippen LogP contribution in [0.3, 0.4) is 0 Å². The number of aliphatic hydroxyl groups excluding tert-OH is 1. The van der Waals surface area contributed by atoms with Gasteiger partial charge >= 0.3 is 0 Å². The molecular weight excluding hydrogens is 717 g/mol. The van der Waals surface area contributed by atoms with Crippen molar-refractivity contribution in [3.8, 4) is 0 Å². The highest BCUT2D eigenvalue weighted by molar-refractivity contribution is 6.99. The summed E-state index contributed by atoms with van der Waals surface area (Å²) in [4.78, 5) is 0. The van der Waals surface area contributed by atoms with Gasteiger partial charge in [-0.25, -0.2) is 0 Å². The van der Waals surface area contributed by atoms with Gasteiger partial charge in [0.25, 0.3) is 8.32 Å². The van der Waals surface area contributed by atoms with Crippen molar-refractivity contribution in [1.82, 2.24) is 0 Å². The van der Waals surface area contributed by atoms with Gasteiger partial charge in [-0.1, -0.05) is 150 Å². The van der Waals surface area contributed by atoms with Gasteiger partial charge in [0.15, 0.2) is 8.32 Å². The molecule has 4 atom stereocenters. The van der Waals surface area contributed by atoms with Crippen molar-refractivity contribution in [1.29, 1.82) is 0 Å². The molecule has 2 aliphatic rings. The quantitative estimate of drug-likeness (QED) is 0.114. The minimum atomic E-state index is -2.61. The van der Waals surface area contributed by atoms with E-state index >= 15 is 0 Å². The van der Waals surface area contributed by atoms with Crippen LogP contribution in [0.2, 0.25) is 23.2 Å². The molecular formula is C51H80O3Si2. The number of allylic oxidation sites excluding steroid dienone is 6. The van der Waals surface area contributed by atoms with E-state index in [1.165, 1.54) is 32.7 Å². The third kappa shape index (κ3) is 11.0. The van der Waals surface area contributed by atoms with E-state index in [2.05, 4.69) is 174 Å². The topological polar surface area (TPSA) is 38.7 Å². The van der Waals surface area contributed by atoms with Gasteiger partial charge in [0.1, 0.15) is 0 Å². The Bertz CT molecular complexity index is 1630. The van der Waals surface area contributed by atoms with Crippen LogP contribution < -0.4 is 10.4 Å². The van der Waals surface area contributed by atoms with Gasteiger partial charge in [-0.2, -0.15) is 0 Å². The van der Waals surface area contributed by atoms with E-state index in [0.29, 0.717) is 19.1 Å². The van der Waals surface area contributed by atoms with Crippen molar-refractivity contribution in [2.75, 3.05) is 13.2 Å². The standard InChI is InChI=1S/C51H80O3Si2/c1-40(2)22-20-24-43(38-54-56(49(8,9)10,45-26-16-14-17-27-45)46-28-18-15-19-29-46)25-21-23-41(3)30-31-44-32-33-47(52)51(39-50(44,51)11)36-34-42(4)35-37-53-55(12,13)48(5,6)7/h14-19,22,25-30,35,44,47,52H,20-21,23-24,31-34,36-39H2,1-13H3/b41-30+,42-35+,43-25-/t44-,47+,50-,51+/m0/s1. The van der Waals surface area contributed by atoms with E-state index in [9.17, 15) is 5.11 Å². The molecule has 0 amide bonds. The normalized spacial score (nSPS) is 23.9. The Morgan fingerprint density at radius 1 is 0.732 bits per heavy atom. The van der Waals surface area contributed by atoms with E-state index in [1.807, 2.05) is 0 Å². The molecule has 2 fully saturated rings. The van der Waals surface area contributed by atoms with E-state index in [1.54, 1.807) is 0 Å². The average molecular weight is 797 g/mol. The first-order chi connectivity index (χ1) is 26.2. The molecule has 0 unspecified atom stereocenters. The molecule has 0 bridgehead atoms. The molecule has 2 aliphatic carbocycles. The predicted molar refractivity (Wildman–Crippen MR) is 248 cm³/mol. The van der Waals surface area contributed by atoms with E-state index in [4.69, 9.17) is 8.85 Å². The van der Waals surface area contributed by atoms with Crippen molar-refractivity contribution in [3.63, 3.8) is 0 Å². The molecule has 2 aromatic carbocycles. The van der Waals surface area contributed by atoms with E-state index < -0.39 is 16.6 Å². The minimum absolute atomic E-state index is 0.0416. The zero-order valence-electron chi connectivity index (χ0n) is 38.0. The monoisotopic (exact) mass is 797 g/mol. The summed E-state index contributed by atoms with van der Waals surface area (Å²) >= 11 is 0. The fourth-order valence-electron chi connectivity index (χ4n) is 9.36. The summed E-state index contributed by atoms with van der Waals surface area (Å²) in [6.45, 7) is 31.5. The zero-order chi connectivity index (χ0) is 41.4. The van der Waals surface area contributed by atoms with Crippen molar-refractivity contribution in [2.45, 2.75) is 170 Å². The maximum atomic E-state index is 11.4. The highest BCUT2D eigenvalue weighted by Crippen LogP contribution is 2.75.